The minimum atomic E-state index is -0.191. The highest BCUT2D eigenvalue weighted by atomic mass is 16.5. The zero-order valence-corrected chi connectivity index (χ0v) is 14.5. The van der Waals surface area contributed by atoms with E-state index >= 15 is 0 Å². The number of nitrogens with zero attached hydrogens (tertiary/aromatic N) is 2. The lowest BCUT2D eigenvalue weighted by atomic mass is 10.1. The van der Waals surface area contributed by atoms with Crippen LogP contribution in [-0.2, 0) is 17.8 Å². The summed E-state index contributed by atoms with van der Waals surface area (Å²) < 4.78 is 4.86. The number of likely N-dealkylation sites (tertiary alicyclic amines) is 1. The van der Waals surface area contributed by atoms with Crippen molar-refractivity contribution in [3.05, 3.63) is 71.8 Å². The second-order valence-electron chi connectivity index (χ2n) is 7.07. The van der Waals surface area contributed by atoms with Crippen molar-refractivity contribution < 1.29 is 9.53 Å². The molecule has 4 nitrogen and oxygen atoms in total. The van der Waals surface area contributed by atoms with Crippen molar-refractivity contribution in [3.8, 4) is 0 Å². The van der Waals surface area contributed by atoms with Crippen LogP contribution < -0.4 is 0 Å². The summed E-state index contributed by atoms with van der Waals surface area (Å²) >= 11 is 0. The topological polar surface area (TPSA) is 32.8 Å². The predicted octanol–water partition coefficient (Wildman–Crippen LogP) is 3.39. The number of hydrogen-bond donors (Lipinski definition) is 0. The zero-order valence-electron chi connectivity index (χ0n) is 14.5. The molecule has 0 radical (unpaired) electrons. The van der Waals surface area contributed by atoms with Crippen LogP contribution in [0.2, 0.25) is 0 Å². The van der Waals surface area contributed by atoms with Gasteiger partial charge in [-0.2, -0.15) is 0 Å². The second kappa shape index (κ2) is 6.89. The Kier molecular flexibility index (Phi) is 4.45. The molecule has 0 aromatic heterocycles. The van der Waals surface area contributed by atoms with Gasteiger partial charge in [0.1, 0.15) is 0 Å². The van der Waals surface area contributed by atoms with E-state index in [1.165, 1.54) is 18.2 Å². The van der Waals surface area contributed by atoms with Crippen molar-refractivity contribution in [1.29, 1.82) is 0 Å². The van der Waals surface area contributed by atoms with E-state index < -0.39 is 0 Å². The highest BCUT2D eigenvalue weighted by Gasteiger charge is 2.59. The van der Waals surface area contributed by atoms with Crippen molar-refractivity contribution >= 4 is 6.09 Å². The number of piperidine rings is 1. The van der Waals surface area contributed by atoms with Gasteiger partial charge in [0.2, 0.25) is 0 Å². The molecule has 25 heavy (non-hydrogen) atoms. The summed E-state index contributed by atoms with van der Waals surface area (Å²) in [6, 6.07) is 21.8. The van der Waals surface area contributed by atoms with E-state index in [9.17, 15) is 4.79 Å². The fourth-order valence-electron chi connectivity index (χ4n) is 4.22. The van der Waals surface area contributed by atoms with E-state index in [1.54, 1.807) is 0 Å². The van der Waals surface area contributed by atoms with Crippen LogP contribution in [0.5, 0.6) is 0 Å². The normalized spacial score (nSPS) is 24.2. The van der Waals surface area contributed by atoms with Gasteiger partial charge < -0.3 is 9.64 Å². The van der Waals surface area contributed by atoms with Gasteiger partial charge in [-0.25, -0.2) is 4.79 Å². The molecule has 3 atom stereocenters. The first-order valence-corrected chi connectivity index (χ1v) is 8.91. The summed E-state index contributed by atoms with van der Waals surface area (Å²) in [5.41, 5.74) is 2.68. The number of hydrogen-bond acceptors (Lipinski definition) is 3. The van der Waals surface area contributed by atoms with Gasteiger partial charge in [0.05, 0.1) is 7.11 Å². The minimum Gasteiger partial charge on any atom is -0.453 e. The van der Waals surface area contributed by atoms with Crippen LogP contribution in [0.1, 0.15) is 11.1 Å². The van der Waals surface area contributed by atoms with E-state index in [4.69, 9.17) is 4.74 Å². The number of carbonyl (C=O) groups excluding carboxylic acids is 1. The Morgan fingerprint density at radius 3 is 1.88 bits per heavy atom. The van der Waals surface area contributed by atoms with Crippen molar-refractivity contribution in [1.82, 2.24) is 9.80 Å². The fraction of sp³-hybridized carbons (Fsp3) is 0.381. The van der Waals surface area contributed by atoms with E-state index in [0.717, 1.165) is 26.2 Å². The number of methoxy groups -OCH3 is 1. The Hall–Kier alpha value is -2.33. The Labute approximate surface area is 149 Å². The lowest BCUT2D eigenvalue weighted by Crippen LogP contribution is -2.37. The van der Waals surface area contributed by atoms with E-state index in [2.05, 4.69) is 65.6 Å². The molecule has 130 valence electrons. The maximum atomic E-state index is 11.7. The molecule has 0 bridgehead atoms. The average Bonchev–Trinajstić information content (AvgIpc) is 3.15. The summed E-state index contributed by atoms with van der Waals surface area (Å²) in [4.78, 5) is 16.1. The maximum absolute atomic E-state index is 11.7. The van der Waals surface area contributed by atoms with Crippen molar-refractivity contribution in [3.63, 3.8) is 0 Å². The molecule has 1 unspecified atom stereocenters. The lowest BCUT2D eigenvalue weighted by molar-refractivity contribution is 0.119. The summed E-state index contributed by atoms with van der Waals surface area (Å²) in [6.07, 6.45) is -0.191. The van der Waals surface area contributed by atoms with Gasteiger partial charge in [0.25, 0.3) is 0 Å². The molecule has 2 aromatic carbocycles. The predicted molar refractivity (Wildman–Crippen MR) is 96.9 cm³/mol. The summed E-state index contributed by atoms with van der Waals surface area (Å²) in [7, 11) is 1.46. The molecule has 0 N–H and O–H groups in total. The minimum absolute atomic E-state index is 0.191. The molecular weight excluding hydrogens is 312 g/mol. The molecule has 1 saturated heterocycles. The second-order valence-corrected chi connectivity index (χ2v) is 7.07. The number of ether oxygens (including phenoxy) is 1. The highest BCUT2D eigenvalue weighted by molar-refractivity contribution is 5.68. The van der Waals surface area contributed by atoms with Crippen LogP contribution in [0.4, 0.5) is 4.79 Å². The molecule has 1 amide bonds. The van der Waals surface area contributed by atoms with E-state index in [1.807, 2.05) is 4.90 Å². The van der Waals surface area contributed by atoms with Gasteiger partial charge in [-0.15, -0.1) is 0 Å². The van der Waals surface area contributed by atoms with E-state index in [-0.39, 0.29) is 6.09 Å². The Morgan fingerprint density at radius 1 is 0.960 bits per heavy atom. The monoisotopic (exact) mass is 336 g/mol. The molecule has 2 fully saturated rings. The lowest BCUT2D eigenvalue weighted by Gasteiger charge is -2.27. The average molecular weight is 336 g/mol. The van der Waals surface area contributed by atoms with Crippen LogP contribution in [0, 0.1) is 11.8 Å². The highest BCUT2D eigenvalue weighted by Crippen LogP contribution is 2.49. The van der Waals surface area contributed by atoms with Crippen LogP contribution in [0.15, 0.2) is 60.7 Å². The van der Waals surface area contributed by atoms with Crippen molar-refractivity contribution in [2.24, 2.45) is 11.8 Å². The molecule has 2 aliphatic rings. The third-order valence-corrected chi connectivity index (χ3v) is 5.46. The largest absolute Gasteiger partial charge is 0.453 e. The first-order chi connectivity index (χ1) is 12.3. The summed E-state index contributed by atoms with van der Waals surface area (Å²) in [6.45, 7) is 3.54. The summed E-state index contributed by atoms with van der Waals surface area (Å²) in [5.74, 6) is 1.15. The third-order valence-electron chi connectivity index (χ3n) is 5.46. The van der Waals surface area contributed by atoms with Gasteiger partial charge in [-0.1, -0.05) is 60.7 Å². The van der Waals surface area contributed by atoms with Gasteiger partial charge in [0, 0.05) is 32.2 Å². The number of rotatable bonds is 5. The van der Waals surface area contributed by atoms with Gasteiger partial charge in [-0.05, 0) is 23.0 Å². The van der Waals surface area contributed by atoms with Crippen LogP contribution in [0.3, 0.4) is 0 Å². The van der Waals surface area contributed by atoms with Crippen molar-refractivity contribution in [2.75, 3.05) is 20.2 Å². The van der Waals surface area contributed by atoms with Gasteiger partial charge in [-0.3, -0.25) is 4.90 Å². The Bertz CT molecular complexity index is 666. The first kappa shape index (κ1) is 16.2. The Balaban J connectivity index is 1.47. The molecule has 1 saturated carbocycles. The summed E-state index contributed by atoms with van der Waals surface area (Å²) in [5, 5.41) is 0. The standard InChI is InChI=1S/C21H24N2O2/c1-25-21(24)23-14-18-19(15-23)20(18)22(12-16-8-4-2-5-9-16)13-17-10-6-3-7-11-17/h2-11,18-20H,12-15H2,1H3/t18-,19+,20?. The van der Waals surface area contributed by atoms with Crippen LogP contribution in [-0.4, -0.2) is 42.1 Å². The van der Waals surface area contributed by atoms with Gasteiger partial charge in [0.15, 0.2) is 0 Å². The third kappa shape index (κ3) is 3.40. The number of amides is 1. The smallest absolute Gasteiger partial charge is 0.409 e. The number of fused-ring (bicyclic) bond motifs is 1. The SMILES string of the molecule is COC(=O)N1C[C@@H]2C(N(Cc3ccccc3)Cc3ccccc3)[C@@H]2C1. The fourth-order valence-corrected chi connectivity index (χ4v) is 4.22. The molecule has 4 rings (SSSR count). The maximum Gasteiger partial charge on any atom is 0.409 e. The first-order valence-electron chi connectivity index (χ1n) is 8.91. The number of benzene rings is 2. The van der Waals surface area contributed by atoms with Crippen LogP contribution >= 0.6 is 0 Å². The molecule has 2 aromatic rings. The van der Waals surface area contributed by atoms with Gasteiger partial charge >= 0.3 is 6.09 Å². The number of carbonyl (C=O) groups is 1. The Morgan fingerprint density at radius 2 is 1.44 bits per heavy atom. The molecule has 1 aliphatic carbocycles. The molecule has 4 heteroatoms. The molecule has 1 aliphatic heterocycles. The molecule has 0 spiro atoms. The molecule has 1 heterocycles. The van der Waals surface area contributed by atoms with E-state index in [0.29, 0.717) is 17.9 Å². The quantitative estimate of drug-likeness (QED) is 0.839. The zero-order chi connectivity index (χ0) is 17.2. The van der Waals surface area contributed by atoms with Crippen molar-refractivity contribution in [2.45, 2.75) is 19.1 Å². The van der Waals surface area contributed by atoms with Crippen LogP contribution in [0.25, 0.3) is 0 Å². The molecular formula is C21H24N2O2.